The van der Waals surface area contributed by atoms with Gasteiger partial charge in [-0.15, -0.1) is 11.3 Å². The molecule has 1 aromatic carbocycles. The van der Waals surface area contributed by atoms with E-state index in [0.29, 0.717) is 6.04 Å². The van der Waals surface area contributed by atoms with Crippen molar-refractivity contribution in [3.8, 4) is 0 Å². The van der Waals surface area contributed by atoms with Gasteiger partial charge in [-0.1, -0.05) is 32.0 Å². The van der Waals surface area contributed by atoms with Crippen molar-refractivity contribution in [2.45, 2.75) is 46.6 Å². The molecular weight excluding hydrogens is 262 g/mol. The third kappa shape index (κ3) is 3.50. The third-order valence-electron chi connectivity index (χ3n) is 3.94. The highest BCUT2D eigenvalue weighted by molar-refractivity contribution is 7.11. The average Bonchev–Trinajstić information content (AvgIpc) is 2.89. The first-order valence-corrected chi connectivity index (χ1v) is 8.34. The van der Waals surface area contributed by atoms with Crippen molar-refractivity contribution in [3.63, 3.8) is 0 Å². The summed E-state index contributed by atoms with van der Waals surface area (Å²) >= 11 is 1.95. The molecule has 0 aliphatic rings. The summed E-state index contributed by atoms with van der Waals surface area (Å²) in [7, 11) is 0. The van der Waals surface area contributed by atoms with E-state index in [1.807, 2.05) is 11.3 Å². The fraction of sp³-hybridized carbons (Fsp3) is 0.444. The zero-order valence-corrected chi connectivity index (χ0v) is 13.8. The van der Waals surface area contributed by atoms with Crippen LogP contribution in [0.25, 0.3) is 0 Å². The van der Waals surface area contributed by atoms with Crippen molar-refractivity contribution >= 4 is 11.3 Å². The molecule has 2 heteroatoms. The van der Waals surface area contributed by atoms with Gasteiger partial charge in [-0.2, -0.15) is 0 Å². The van der Waals surface area contributed by atoms with Gasteiger partial charge in [0.1, 0.15) is 0 Å². The second-order valence-corrected chi connectivity index (χ2v) is 6.58. The molecule has 0 fully saturated rings. The molecule has 2 rings (SSSR count). The van der Waals surface area contributed by atoms with Crippen molar-refractivity contribution < 1.29 is 0 Å². The van der Waals surface area contributed by atoms with Crippen LogP contribution >= 0.6 is 11.3 Å². The minimum absolute atomic E-state index is 0.420. The molecule has 0 bridgehead atoms. The van der Waals surface area contributed by atoms with Gasteiger partial charge >= 0.3 is 0 Å². The monoisotopic (exact) mass is 287 g/mol. The number of likely N-dealkylation sites (N-methyl/N-ethyl adjacent to an activating group) is 1. The first-order valence-electron chi connectivity index (χ1n) is 7.52. The zero-order valence-electron chi connectivity index (χ0n) is 13.0. The van der Waals surface area contributed by atoms with Gasteiger partial charge in [-0.3, -0.25) is 0 Å². The van der Waals surface area contributed by atoms with Crippen LogP contribution in [-0.4, -0.2) is 6.54 Å². The van der Waals surface area contributed by atoms with Gasteiger partial charge in [-0.25, -0.2) is 0 Å². The fourth-order valence-corrected chi connectivity index (χ4v) is 3.62. The van der Waals surface area contributed by atoms with Crippen molar-refractivity contribution in [1.29, 1.82) is 0 Å². The van der Waals surface area contributed by atoms with E-state index in [1.165, 1.54) is 26.4 Å². The number of rotatable bonds is 6. The zero-order chi connectivity index (χ0) is 14.5. The minimum atomic E-state index is 0.420. The molecule has 0 saturated carbocycles. The minimum Gasteiger partial charge on any atom is -0.310 e. The smallest absolute Gasteiger partial charge is 0.0371 e. The molecule has 1 heterocycles. The van der Waals surface area contributed by atoms with Crippen LogP contribution < -0.4 is 5.32 Å². The van der Waals surface area contributed by atoms with Crippen molar-refractivity contribution in [2.75, 3.05) is 6.54 Å². The normalized spacial score (nSPS) is 12.6. The Balaban J connectivity index is 2.24. The Morgan fingerprint density at radius 1 is 1.05 bits per heavy atom. The SMILES string of the molecule is CCNC(Cc1ccc(CC)s1)c1cccc(C)c1C. The molecule has 1 N–H and O–H groups in total. The molecule has 1 atom stereocenters. The number of hydrogen-bond donors (Lipinski definition) is 1. The van der Waals surface area contributed by atoms with Crippen molar-refractivity contribution in [3.05, 3.63) is 56.8 Å². The summed E-state index contributed by atoms with van der Waals surface area (Å²) in [6.07, 6.45) is 2.23. The maximum absolute atomic E-state index is 3.65. The summed E-state index contributed by atoms with van der Waals surface area (Å²) < 4.78 is 0. The van der Waals surface area contributed by atoms with Crippen LogP contribution in [0.1, 0.15) is 46.3 Å². The van der Waals surface area contributed by atoms with Gasteiger partial charge in [0.05, 0.1) is 0 Å². The summed E-state index contributed by atoms with van der Waals surface area (Å²) in [6, 6.07) is 11.6. The predicted octanol–water partition coefficient (Wildman–Crippen LogP) is 4.82. The van der Waals surface area contributed by atoms with Gasteiger partial charge in [0.2, 0.25) is 0 Å². The molecule has 0 amide bonds. The van der Waals surface area contributed by atoms with Gasteiger partial charge in [0.25, 0.3) is 0 Å². The lowest BCUT2D eigenvalue weighted by Gasteiger charge is -2.21. The number of benzene rings is 1. The van der Waals surface area contributed by atoms with E-state index >= 15 is 0 Å². The highest BCUT2D eigenvalue weighted by atomic mass is 32.1. The van der Waals surface area contributed by atoms with E-state index in [9.17, 15) is 0 Å². The Kier molecular flexibility index (Phi) is 5.38. The van der Waals surface area contributed by atoms with Crippen LogP contribution in [0.3, 0.4) is 0 Å². The number of hydrogen-bond acceptors (Lipinski definition) is 2. The second kappa shape index (κ2) is 7.05. The highest BCUT2D eigenvalue weighted by Crippen LogP contribution is 2.27. The summed E-state index contributed by atoms with van der Waals surface area (Å²) in [6.45, 7) is 9.85. The molecule has 0 aliphatic heterocycles. The molecule has 0 spiro atoms. The van der Waals surface area contributed by atoms with E-state index < -0.39 is 0 Å². The number of aryl methyl sites for hydroxylation is 2. The first kappa shape index (κ1) is 15.3. The molecule has 20 heavy (non-hydrogen) atoms. The second-order valence-electron chi connectivity index (χ2n) is 5.33. The maximum Gasteiger partial charge on any atom is 0.0371 e. The topological polar surface area (TPSA) is 12.0 Å². The highest BCUT2D eigenvalue weighted by Gasteiger charge is 2.15. The van der Waals surface area contributed by atoms with E-state index in [-0.39, 0.29) is 0 Å². The van der Waals surface area contributed by atoms with Crippen LogP contribution in [0, 0.1) is 13.8 Å². The number of thiophene rings is 1. The maximum atomic E-state index is 3.65. The Hall–Kier alpha value is -1.12. The van der Waals surface area contributed by atoms with E-state index in [0.717, 1.165) is 19.4 Å². The summed E-state index contributed by atoms with van der Waals surface area (Å²) in [5, 5.41) is 3.65. The molecule has 0 radical (unpaired) electrons. The molecule has 1 unspecified atom stereocenters. The summed E-state index contributed by atoms with van der Waals surface area (Å²) in [5.41, 5.74) is 4.25. The lowest BCUT2D eigenvalue weighted by Crippen LogP contribution is -2.23. The standard InChI is InChI=1S/C18H25NS/c1-5-15-10-11-16(20-15)12-18(19-6-2)17-9-7-8-13(3)14(17)4/h7-11,18-19H,5-6,12H2,1-4H3. The summed E-state index contributed by atoms with van der Waals surface area (Å²) in [5.74, 6) is 0. The van der Waals surface area contributed by atoms with Gasteiger partial charge < -0.3 is 5.32 Å². The van der Waals surface area contributed by atoms with Gasteiger partial charge in [0, 0.05) is 22.2 Å². The average molecular weight is 287 g/mol. The molecule has 0 aliphatic carbocycles. The molecule has 2 aromatic rings. The van der Waals surface area contributed by atoms with E-state index in [4.69, 9.17) is 0 Å². The molecule has 1 nitrogen and oxygen atoms in total. The number of nitrogens with one attached hydrogen (secondary N) is 1. The Labute approximate surface area is 127 Å². The van der Waals surface area contributed by atoms with Crippen LogP contribution in [0.4, 0.5) is 0 Å². The van der Waals surface area contributed by atoms with Gasteiger partial charge in [0.15, 0.2) is 0 Å². The molecule has 0 saturated heterocycles. The van der Waals surface area contributed by atoms with Gasteiger partial charge in [-0.05, 0) is 55.6 Å². The van der Waals surface area contributed by atoms with E-state index in [1.54, 1.807) is 0 Å². The van der Waals surface area contributed by atoms with Crippen LogP contribution in [0.2, 0.25) is 0 Å². The molecule has 108 valence electrons. The third-order valence-corrected chi connectivity index (χ3v) is 5.20. The summed E-state index contributed by atoms with van der Waals surface area (Å²) in [4.78, 5) is 2.96. The molecular formula is C18H25NS. The van der Waals surface area contributed by atoms with Crippen LogP contribution in [0.15, 0.2) is 30.3 Å². The van der Waals surface area contributed by atoms with Crippen LogP contribution in [0.5, 0.6) is 0 Å². The largest absolute Gasteiger partial charge is 0.310 e. The predicted molar refractivity (Wildman–Crippen MR) is 89.7 cm³/mol. The Bertz CT molecular complexity index is 556. The Morgan fingerprint density at radius 2 is 1.80 bits per heavy atom. The Morgan fingerprint density at radius 3 is 2.45 bits per heavy atom. The molecule has 1 aromatic heterocycles. The van der Waals surface area contributed by atoms with Crippen molar-refractivity contribution in [1.82, 2.24) is 5.32 Å². The fourth-order valence-electron chi connectivity index (χ4n) is 2.61. The quantitative estimate of drug-likeness (QED) is 0.803. The van der Waals surface area contributed by atoms with E-state index in [2.05, 4.69) is 63.3 Å². The lowest BCUT2D eigenvalue weighted by molar-refractivity contribution is 0.550. The first-order chi connectivity index (χ1) is 9.65. The van der Waals surface area contributed by atoms with Crippen LogP contribution in [-0.2, 0) is 12.8 Å². The van der Waals surface area contributed by atoms with Crippen molar-refractivity contribution in [2.24, 2.45) is 0 Å². The lowest BCUT2D eigenvalue weighted by atomic mass is 9.95.